The molecule has 2 atom stereocenters. The molecule has 0 unspecified atom stereocenters. The van der Waals surface area contributed by atoms with Crippen LogP contribution in [0.2, 0.25) is 0 Å². The zero-order chi connectivity index (χ0) is 17.1. The van der Waals surface area contributed by atoms with Crippen molar-refractivity contribution in [1.82, 2.24) is 10.2 Å². The van der Waals surface area contributed by atoms with E-state index in [1.807, 2.05) is 24.4 Å². The Labute approximate surface area is 144 Å². The predicted octanol–water partition coefficient (Wildman–Crippen LogP) is 3.98. The minimum atomic E-state index is -0.839. The number of rotatable bonds is 5. The van der Waals surface area contributed by atoms with Crippen LogP contribution < -0.4 is 5.32 Å². The summed E-state index contributed by atoms with van der Waals surface area (Å²) in [6.07, 6.45) is 2.26. The molecule has 0 bridgehead atoms. The molecule has 0 aliphatic carbocycles. The molecule has 1 aliphatic rings. The number of halogens is 2. The number of nitrogens with one attached hydrogen (secondary N) is 1. The number of hydrogen-bond donors (Lipinski definition) is 1. The average molecular weight is 350 g/mol. The van der Waals surface area contributed by atoms with Gasteiger partial charge >= 0.3 is 0 Å². The number of hydrogen-bond acceptors (Lipinski definition) is 3. The van der Waals surface area contributed by atoms with Crippen molar-refractivity contribution >= 4 is 17.2 Å². The summed E-state index contributed by atoms with van der Waals surface area (Å²) in [5.41, 5.74) is -0.518. The van der Waals surface area contributed by atoms with Crippen LogP contribution in [0.1, 0.15) is 41.0 Å². The Morgan fingerprint density at radius 3 is 2.42 bits per heavy atom. The third kappa shape index (κ3) is 3.49. The topological polar surface area (TPSA) is 32.3 Å². The fourth-order valence-corrected chi connectivity index (χ4v) is 4.26. The molecule has 3 nitrogen and oxygen atoms in total. The maximum Gasteiger partial charge on any atom is 0.257 e. The van der Waals surface area contributed by atoms with Crippen LogP contribution in [0.3, 0.4) is 0 Å². The third-order valence-corrected chi connectivity index (χ3v) is 5.33. The molecule has 1 aliphatic heterocycles. The lowest BCUT2D eigenvalue weighted by atomic mass is 10.1. The maximum absolute atomic E-state index is 13.8. The van der Waals surface area contributed by atoms with Gasteiger partial charge in [0.05, 0.1) is 6.04 Å². The van der Waals surface area contributed by atoms with Crippen molar-refractivity contribution in [3.05, 3.63) is 57.8 Å². The van der Waals surface area contributed by atoms with Crippen molar-refractivity contribution < 1.29 is 13.6 Å². The maximum atomic E-state index is 13.8. The van der Waals surface area contributed by atoms with Gasteiger partial charge in [0.2, 0.25) is 0 Å². The van der Waals surface area contributed by atoms with E-state index in [9.17, 15) is 13.6 Å². The fraction of sp³-hybridized carbons (Fsp3) is 0.389. The first kappa shape index (κ1) is 17.0. The molecule has 0 radical (unpaired) electrons. The highest BCUT2D eigenvalue weighted by atomic mass is 32.1. The monoisotopic (exact) mass is 350 g/mol. The highest BCUT2D eigenvalue weighted by Gasteiger charge is 2.31. The number of nitrogens with zero attached hydrogens (tertiary/aromatic N) is 1. The first-order valence-electron chi connectivity index (χ1n) is 8.10. The lowest BCUT2D eigenvalue weighted by Crippen LogP contribution is -2.44. The minimum absolute atomic E-state index is 0.0197. The lowest BCUT2D eigenvalue weighted by molar-refractivity contribution is 0.0899. The molecular formula is C18H20F2N2OS. The van der Waals surface area contributed by atoms with Gasteiger partial charge in [0.15, 0.2) is 0 Å². The number of carbonyl (C=O) groups is 1. The van der Waals surface area contributed by atoms with Crippen LogP contribution in [0.25, 0.3) is 0 Å². The van der Waals surface area contributed by atoms with Gasteiger partial charge in [-0.05, 0) is 56.4 Å². The zero-order valence-electron chi connectivity index (χ0n) is 13.5. The van der Waals surface area contributed by atoms with Crippen LogP contribution in [0, 0.1) is 11.6 Å². The van der Waals surface area contributed by atoms with E-state index in [2.05, 4.69) is 10.2 Å². The van der Waals surface area contributed by atoms with Crippen molar-refractivity contribution in [2.24, 2.45) is 0 Å². The van der Waals surface area contributed by atoms with Crippen molar-refractivity contribution in [3.63, 3.8) is 0 Å². The first-order valence-corrected chi connectivity index (χ1v) is 8.98. The van der Waals surface area contributed by atoms with E-state index in [1.54, 1.807) is 11.3 Å². The van der Waals surface area contributed by atoms with E-state index >= 15 is 0 Å². The van der Waals surface area contributed by atoms with Gasteiger partial charge in [-0.2, -0.15) is 0 Å². The minimum Gasteiger partial charge on any atom is -0.347 e. The second-order valence-electron chi connectivity index (χ2n) is 6.06. The number of benzene rings is 1. The molecule has 0 spiro atoms. The fourth-order valence-electron chi connectivity index (χ4n) is 3.29. The Morgan fingerprint density at radius 2 is 1.83 bits per heavy atom. The van der Waals surface area contributed by atoms with Gasteiger partial charge in [-0.1, -0.05) is 12.1 Å². The quantitative estimate of drug-likeness (QED) is 0.885. The summed E-state index contributed by atoms with van der Waals surface area (Å²) in [6.45, 7) is 3.83. The second kappa shape index (κ2) is 7.40. The van der Waals surface area contributed by atoms with E-state index in [1.165, 1.54) is 6.07 Å². The Balaban J connectivity index is 1.80. The summed E-state index contributed by atoms with van der Waals surface area (Å²) in [5.74, 6) is -2.39. The summed E-state index contributed by atoms with van der Waals surface area (Å²) >= 11 is 1.63. The second-order valence-corrected chi connectivity index (χ2v) is 7.04. The number of likely N-dealkylation sites (tertiary alicyclic amines) is 1. The van der Waals surface area contributed by atoms with Crippen molar-refractivity contribution in [1.29, 1.82) is 0 Å². The molecule has 3 rings (SSSR count). The van der Waals surface area contributed by atoms with Crippen LogP contribution in [0.4, 0.5) is 8.78 Å². The molecular weight excluding hydrogens is 330 g/mol. The molecule has 1 N–H and O–H groups in total. The summed E-state index contributed by atoms with van der Waals surface area (Å²) in [7, 11) is 0. The Hall–Kier alpha value is -1.79. The molecule has 6 heteroatoms. The van der Waals surface area contributed by atoms with Gasteiger partial charge in [-0.25, -0.2) is 8.78 Å². The summed E-state index contributed by atoms with van der Waals surface area (Å²) < 4.78 is 27.6. The van der Waals surface area contributed by atoms with Crippen LogP contribution in [-0.4, -0.2) is 29.9 Å². The van der Waals surface area contributed by atoms with E-state index in [0.29, 0.717) is 0 Å². The van der Waals surface area contributed by atoms with Gasteiger partial charge in [0, 0.05) is 10.9 Å². The van der Waals surface area contributed by atoms with Gasteiger partial charge in [0.1, 0.15) is 17.2 Å². The van der Waals surface area contributed by atoms with Crippen LogP contribution >= 0.6 is 11.3 Å². The number of amides is 1. The molecule has 128 valence electrons. The molecule has 1 amide bonds. The lowest BCUT2D eigenvalue weighted by Gasteiger charge is -2.32. The molecule has 24 heavy (non-hydrogen) atoms. The van der Waals surface area contributed by atoms with Gasteiger partial charge in [-0.15, -0.1) is 11.3 Å². The summed E-state index contributed by atoms with van der Waals surface area (Å²) in [5, 5.41) is 4.79. The smallest absolute Gasteiger partial charge is 0.257 e. The highest BCUT2D eigenvalue weighted by Crippen LogP contribution is 2.31. The van der Waals surface area contributed by atoms with E-state index in [0.717, 1.165) is 42.9 Å². The normalized spacial score (nSPS) is 17.6. The van der Waals surface area contributed by atoms with E-state index in [-0.39, 0.29) is 12.1 Å². The van der Waals surface area contributed by atoms with Gasteiger partial charge in [-0.3, -0.25) is 9.69 Å². The van der Waals surface area contributed by atoms with Gasteiger partial charge in [0.25, 0.3) is 5.91 Å². The number of thiophene rings is 1. The molecule has 1 aromatic carbocycles. The van der Waals surface area contributed by atoms with Crippen LogP contribution in [-0.2, 0) is 0 Å². The molecule has 2 heterocycles. The Morgan fingerprint density at radius 1 is 1.17 bits per heavy atom. The highest BCUT2D eigenvalue weighted by molar-refractivity contribution is 7.10. The molecule has 1 aromatic heterocycles. The van der Waals surface area contributed by atoms with E-state index < -0.39 is 23.1 Å². The summed E-state index contributed by atoms with van der Waals surface area (Å²) in [6, 6.07) is 7.23. The first-order chi connectivity index (χ1) is 11.6. The largest absolute Gasteiger partial charge is 0.347 e. The van der Waals surface area contributed by atoms with Crippen molar-refractivity contribution in [3.8, 4) is 0 Å². The van der Waals surface area contributed by atoms with Crippen molar-refractivity contribution in [2.45, 2.75) is 31.8 Å². The van der Waals surface area contributed by atoms with Gasteiger partial charge < -0.3 is 5.32 Å². The Kier molecular flexibility index (Phi) is 5.26. The van der Waals surface area contributed by atoms with Crippen molar-refractivity contribution in [2.75, 3.05) is 13.1 Å². The van der Waals surface area contributed by atoms with Crippen LogP contribution in [0.5, 0.6) is 0 Å². The standard InChI is InChI=1S/C18H20F2N2OS/c1-12(21-18(23)16-13(19)6-4-7-14(16)20)17(15-8-5-11-24-15)22-9-2-3-10-22/h4-8,11-12,17H,2-3,9-10H2,1H3,(H,21,23)/t12-,17-/m1/s1. The zero-order valence-corrected chi connectivity index (χ0v) is 14.3. The van der Waals surface area contributed by atoms with Crippen LogP contribution in [0.15, 0.2) is 35.7 Å². The molecule has 0 saturated carbocycles. The average Bonchev–Trinajstić information content (AvgIpc) is 3.21. The van der Waals surface area contributed by atoms with E-state index in [4.69, 9.17) is 0 Å². The predicted molar refractivity (Wildman–Crippen MR) is 91.2 cm³/mol. The summed E-state index contributed by atoms with van der Waals surface area (Å²) in [4.78, 5) is 15.9. The Bertz CT molecular complexity index is 679. The molecule has 1 saturated heterocycles. The third-order valence-electron chi connectivity index (χ3n) is 4.39. The SMILES string of the molecule is C[C@@H](NC(=O)c1c(F)cccc1F)[C@H](c1cccs1)N1CCCC1. The molecule has 1 fully saturated rings. The number of carbonyl (C=O) groups excluding carboxylic acids is 1. The molecule has 2 aromatic rings.